The van der Waals surface area contributed by atoms with Gasteiger partial charge in [-0.1, -0.05) is 12.1 Å². The first-order chi connectivity index (χ1) is 6.72. The third-order valence-electron chi connectivity index (χ3n) is 1.93. The van der Waals surface area contributed by atoms with E-state index >= 15 is 0 Å². The second kappa shape index (κ2) is 6.06. The maximum absolute atomic E-state index is 9.05. The van der Waals surface area contributed by atoms with E-state index in [-0.39, 0.29) is 6.10 Å². The van der Waals surface area contributed by atoms with Crippen molar-refractivity contribution in [1.82, 2.24) is 5.32 Å². The minimum Gasteiger partial charge on any atom is -0.392 e. The van der Waals surface area contributed by atoms with Gasteiger partial charge in [-0.3, -0.25) is 0 Å². The van der Waals surface area contributed by atoms with Gasteiger partial charge in [-0.25, -0.2) is 0 Å². The summed E-state index contributed by atoms with van der Waals surface area (Å²) in [4.78, 5) is 1.28. The molecule has 2 nitrogen and oxygen atoms in total. The molecule has 0 aliphatic carbocycles. The summed E-state index contributed by atoms with van der Waals surface area (Å²) >= 11 is 1.75. The fourth-order valence-corrected chi connectivity index (χ4v) is 1.58. The molecular weight excluding hydrogens is 194 g/mol. The van der Waals surface area contributed by atoms with Crippen LogP contribution in [0, 0.1) is 0 Å². The summed E-state index contributed by atoms with van der Waals surface area (Å²) in [5, 5.41) is 12.2. The molecule has 1 rings (SSSR count). The van der Waals surface area contributed by atoms with Gasteiger partial charge in [0, 0.05) is 18.0 Å². The second-order valence-corrected chi connectivity index (χ2v) is 4.21. The summed E-state index contributed by atoms with van der Waals surface area (Å²) in [5.74, 6) is 0. The molecule has 0 heterocycles. The molecule has 0 bridgehead atoms. The van der Waals surface area contributed by atoms with E-state index in [1.54, 1.807) is 18.7 Å². The van der Waals surface area contributed by atoms with Crippen molar-refractivity contribution in [1.29, 1.82) is 0 Å². The number of aliphatic hydroxyl groups is 1. The van der Waals surface area contributed by atoms with Crippen LogP contribution in [0.4, 0.5) is 0 Å². The van der Waals surface area contributed by atoms with Gasteiger partial charge < -0.3 is 10.4 Å². The molecule has 14 heavy (non-hydrogen) atoms. The molecule has 0 radical (unpaired) electrons. The minimum atomic E-state index is -0.277. The molecule has 0 aromatic heterocycles. The van der Waals surface area contributed by atoms with Crippen LogP contribution in [-0.2, 0) is 6.54 Å². The van der Waals surface area contributed by atoms with Gasteiger partial charge in [0.15, 0.2) is 0 Å². The van der Waals surface area contributed by atoms with E-state index in [0.717, 1.165) is 6.54 Å². The zero-order valence-corrected chi connectivity index (χ0v) is 9.47. The largest absolute Gasteiger partial charge is 0.392 e. The first-order valence-corrected chi connectivity index (χ1v) is 5.96. The Balaban J connectivity index is 2.36. The number of benzene rings is 1. The summed E-state index contributed by atoms with van der Waals surface area (Å²) < 4.78 is 0. The topological polar surface area (TPSA) is 32.3 Å². The minimum absolute atomic E-state index is 0.277. The van der Waals surface area contributed by atoms with Gasteiger partial charge in [-0.15, -0.1) is 11.8 Å². The second-order valence-electron chi connectivity index (χ2n) is 3.33. The standard InChI is InChI=1S/C11H17NOS/c1-9(13)7-12-8-10-3-5-11(14-2)6-4-10/h3-6,9,12-13H,7-8H2,1-2H3/t9-/m0/s1. The Bertz CT molecular complexity index is 258. The maximum atomic E-state index is 9.05. The zero-order valence-electron chi connectivity index (χ0n) is 8.66. The highest BCUT2D eigenvalue weighted by atomic mass is 32.2. The van der Waals surface area contributed by atoms with Crippen LogP contribution < -0.4 is 5.32 Å². The Morgan fingerprint density at radius 2 is 2.00 bits per heavy atom. The van der Waals surface area contributed by atoms with E-state index in [4.69, 9.17) is 5.11 Å². The van der Waals surface area contributed by atoms with Crippen LogP contribution in [-0.4, -0.2) is 24.0 Å². The first kappa shape index (κ1) is 11.6. The van der Waals surface area contributed by atoms with Crippen LogP contribution in [0.15, 0.2) is 29.2 Å². The zero-order chi connectivity index (χ0) is 10.4. The van der Waals surface area contributed by atoms with Gasteiger partial charge in [0.05, 0.1) is 6.10 Å². The molecule has 0 fully saturated rings. The Morgan fingerprint density at radius 1 is 1.36 bits per heavy atom. The lowest BCUT2D eigenvalue weighted by Gasteiger charge is -2.07. The van der Waals surface area contributed by atoms with Crippen molar-refractivity contribution in [3.05, 3.63) is 29.8 Å². The van der Waals surface area contributed by atoms with Crippen molar-refractivity contribution in [2.75, 3.05) is 12.8 Å². The average Bonchev–Trinajstić information content (AvgIpc) is 2.18. The third-order valence-corrected chi connectivity index (χ3v) is 2.67. The Morgan fingerprint density at radius 3 is 2.50 bits per heavy atom. The molecule has 0 amide bonds. The fraction of sp³-hybridized carbons (Fsp3) is 0.455. The third kappa shape index (κ3) is 4.13. The van der Waals surface area contributed by atoms with Crippen molar-refractivity contribution < 1.29 is 5.11 Å². The van der Waals surface area contributed by atoms with E-state index in [9.17, 15) is 0 Å². The van der Waals surface area contributed by atoms with Crippen LogP contribution in [0.5, 0.6) is 0 Å². The van der Waals surface area contributed by atoms with Crippen LogP contribution in [0.25, 0.3) is 0 Å². The molecule has 1 aromatic rings. The SMILES string of the molecule is CSc1ccc(CNC[C@H](C)O)cc1. The predicted molar refractivity (Wildman–Crippen MR) is 61.6 cm³/mol. The molecular formula is C11H17NOS. The molecule has 0 spiro atoms. The lowest BCUT2D eigenvalue weighted by molar-refractivity contribution is 0.191. The number of rotatable bonds is 5. The fourth-order valence-electron chi connectivity index (χ4n) is 1.17. The van der Waals surface area contributed by atoms with Crippen LogP contribution in [0.3, 0.4) is 0 Å². The Labute approximate surface area is 89.7 Å². The smallest absolute Gasteiger partial charge is 0.0636 e. The van der Waals surface area contributed by atoms with E-state index in [2.05, 4.69) is 35.8 Å². The van der Waals surface area contributed by atoms with Crippen molar-refractivity contribution in [3.63, 3.8) is 0 Å². The highest BCUT2D eigenvalue weighted by molar-refractivity contribution is 7.98. The van der Waals surface area contributed by atoms with E-state index < -0.39 is 0 Å². The van der Waals surface area contributed by atoms with Gasteiger partial charge >= 0.3 is 0 Å². The predicted octanol–water partition coefficient (Wildman–Crippen LogP) is 1.88. The Kier molecular flexibility index (Phi) is 5.01. The van der Waals surface area contributed by atoms with Crippen molar-refractivity contribution in [2.45, 2.75) is 24.5 Å². The molecule has 0 saturated carbocycles. The Hall–Kier alpha value is -0.510. The van der Waals surface area contributed by atoms with E-state index in [1.165, 1.54) is 10.5 Å². The molecule has 78 valence electrons. The summed E-state index contributed by atoms with van der Waals surface area (Å²) in [6.07, 6.45) is 1.79. The van der Waals surface area contributed by atoms with Crippen molar-refractivity contribution in [3.8, 4) is 0 Å². The molecule has 2 N–H and O–H groups in total. The van der Waals surface area contributed by atoms with Gasteiger partial charge in [0.1, 0.15) is 0 Å². The van der Waals surface area contributed by atoms with E-state index in [0.29, 0.717) is 6.54 Å². The summed E-state index contributed by atoms with van der Waals surface area (Å²) in [7, 11) is 0. The lowest BCUT2D eigenvalue weighted by atomic mass is 10.2. The number of hydrogen-bond donors (Lipinski definition) is 2. The normalized spacial score (nSPS) is 12.8. The highest BCUT2D eigenvalue weighted by Gasteiger charge is 1.96. The molecule has 3 heteroatoms. The molecule has 0 unspecified atom stereocenters. The van der Waals surface area contributed by atoms with Crippen molar-refractivity contribution in [2.24, 2.45) is 0 Å². The van der Waals surface area contributed by atoms with Gasteiger partial charge in [-0.05, 0) is 30.9 Å². The molecule has 0 saturated heterocycles. The highest BCUT2D eigenvalue weighted by Crippen LogP contribution is 2.14. The van der Waals surface area contributed by atoms with Crippen LogP contribution in [0.2, 0.25) is 0 Å². The lowest BCUT2D eigenvalue weighted by Crippen LogP contribution is -2.23. The van der Waals surface area contributed by atoms with Gasteiger partial charge in [-0.2, -0.15) is 0 Å². The monoisotopic (exact) mass is 211 g/mol. The molecule has 1 aromatic carbocycles. The molecule has 0 aliphatic rings. The van der Waals surface area contributed by atoms with Crippen molar-refractivity contribution >= 4 is 11.8 Å². The summed E-state index contributed by atoms with van der Waals surface area (Å²) in [5.41, 5.74) is 1.25. The maximum Gasteiger partial charge on any atom is 0.0636 e. The number of thioether (sulfide) groups is 1. The summed E-state index contributed by atoms with van der Waals surface area (Å²) in [6, 6.07) is 8.45. The number of nitrogens with one attached hydrogen (secondary N) is 1. The van der Waals surface area contributed by atoms with Crippen LogP contribution in [0.1, 0.15) is 12.5 Å². The van der Waals surface area contributed by atoms with Crippen LogP contribution >= 0.6 is 11.8 Å². The molecule has 1 atom stereocenters. The number of hydrogen-bond acceptors (Lipinski definition) is 3. The van der Waals surface area contributed by atoms with Gasteiger partial charge in [0.25, 0.3) is 0 Å². The number of aliphatic hydroxyl groups excluding tert-OH is 1. The van der Waals surface area contributed by atoms with Gasteiger partial charge in [0.2, 0.25) is 0 Å². The molecule has 0 aliphatic heterocycles. The summed E-state index contributed by atoms with van der Waals surface area (Å²) in [6.45, 7) is 3.24. The first-order valence-electron chi connectivity index (χ1n) is 4.74. The average molecular weight is 211 g/mol. The van der Waals surface area contributed by atoms with E-state index in [1.807, 2.05) is 0 Å². The quantitative estimate of drug-likeness (QED) is 0.729.